The van der Waals surface area contributed by atoms with Crippen molar-refractivity contribution in [1.82, 2.24) is 5.32 Å². The lowest BCUT2D eigenvalue weighted by atomic mass is 10.1. The Morgan fingerprint density at radius 2 is 2.00 bits per heavy atom. The minimum Gasteiger partial charge on any atom is -0.378 e. The molecule has 2 unspecified atom stereocenters. The lowest BCUT2D eigenvalue weighted by Gasteiger charge is -2.17. The fraction of sp³-hybridized carbons (Fsp3) is 0.571. The first-order valence-electron chi connectivity index (χ1n) is 6.28. The maximum Gasteiger partial charge on any atom is 0.0700 e. The van der Waals surface area contributed by atoms with Gasteiger partial charge in [-0.05, 0) is 31.0 Å². The summed E-state index contributed by atoms with van der Waals surface area (Å²) in [7, 11) is 4.12. The van der Waals surface area contributed by atoms with Gasteiger partial charge in [-0.3, -0.25) is 0 Å². The molecule has 0 amide bonds. The molecule has 94 valence electrons. The molecule has 1 aliphatic rings. The van der Waals surface area contributed by atoms with Gasteiger partial charge in [-0.15, -0.1) is 0 Å². The Labute approximate surface area is 104 Å². The molecule has 3 nitrogen and oxygen atoms in total. The van der Waals surface area contributed by atoms with Crippen LogP contribution in [-0.4, -0.2) is 32.8 Å². The molecule has 3 heteroatoms. The second kappa shape index (κ2) is 5.52. The average molecular weight is 234 g/mol. The molecule has 0 radical (unpaired) electrons. The lowest BCUT2D eigenvalue weighted by Crippen LogP contribution is -2.34. The van der Waals surface area contributed by atoms with Crippen LogP contribution in [0.15, 0.2) is 24.3 Å². The van der Waals surface area contributed by atoms with Gasteiger partial charge < -0.3 is 15.0 Å². The van der Waals surface area contributed by atoms with Crippen molar-refractivity contribution in [2.45, 2.75) is 32.0 Å². The van der Waals surface area contributed by atoms with Crippen molar-refractivity contribution in [3.63, 3.8) is 0 Å². The minimum absolute atomic E-state index is 0.344. The smallest absolute Gasteiger partial charge is 0.0700 e. The molecule has 1 N–H and O–H groups in total. The summed E-state index contributed by atoms with van der Waals surface area (Å²) in [5, 5.41) is 3.56. The predicted octanol–water partition coefficient (Wildman–Crippen LogP) is 2.02. The Kier molecular flexibility index (Phi) is 4.02. The quantitative estimate of drug-likeness (QED) is 0.862. The highest BCUT2D eigenvalue weighted by atomic mass is 16.5. The van der Waals surface area contributed by atoms with Crippen LogP contribution in [-0.2, 0) is 11.3 Å². The van der Waals surface area contributed by atoms with Crippen LogP contribution >= 0.6 is 0 Å². The van der Waals surface area contributed by atoms with E-state index in [1.165, 1.54) is 11.3 Å². The summed E-state index contributed by atoms with van der Waals surface area (Å²) in [5.74, 6) is 0. The maximum absolute atomic E-state index is 5.54. The van der Waals surface area contributed by atoms with Crippen molar-refractivity contribution >= 4 is 5.69 Å². The van der Waals surface area contributed by atoms with E-state index in [1.807, 2.05) is 0 Å². The monoisotopic (exact) mass is 234 g/mol. The molecule has 1 saturated heterocycles. The number of benzene rings is 1. The highest BCUT2D eigenvalue weighted by Gasteiger charge is 2.23. The van der Waals surface area contributed by atoms with Crippen molar-refractivity contribution in [2.24, 2.45) is 0 Å². The average Bonchev–Trinajstić information content (AvgIpc) is 2.73. The van der Waals surface area contributed by atoms with Crippen molar-refractivity contribution in [2.75, 3.05) is 25.6 Å². The van der Waals surface area contributed by atoms with E-state index in [4.69, 9.17) is 4.74 Å². The first-order chi connectivity index (χ1) is 8.16. The Hall–Kier alpha value is -1.06. The highest BCUT2D eigenvalue weighted by molar-refractivity contribution is 5.45. The molecule has 2 atom stereocenters. The third-order valence-corrected chi connectivity index (χ3v) is 3.40. The summed E-state index contributed by atoms with van der Waals surface area (Å²) in [6, 6.07) is 9.19. The van der Waals surface area contributed by atoms with Gasteiger partial charge >= 0.3 is 0 Å². The molecular weight excluding hydrogens is 212 g/mol. The van der Waals surface area contributed by atoms with Gasteiger partial charge in [-0.1, -0.05) is 12.1 Å². The van der Waals surface area contributed by atoms with Crippen LogP contribution in [0.2, 0.25) is 0 Å². The molecule has 1 aromatic carbocycles. The second-order valence-electron chi connectivity index (χ2n) is 4.91. The van der Waals surface area contributed by atoms with Gasteiger partial charge in [0.25, 0.3) is 0 Å². The third kappa shape index (κ3) is 3.20. The Balaban J connectivity index is 1.86. The number of nitrogens with zero attached hydrogens (tertiary/aromatic N) is 1. The SMILES string of the molecule is CC1OCCC1NCc1ccc(N(C)C)cc1. The number of anilines is 1. The minimum atomic E-state index is 0.344. The first-order valence-corrected chi connectivity index (χ1v) is 6.28. The third-order valence-electron chi connectivity index (χ3n) is 3.40. The summed E-state index contributed by atoms with van der Waals surface area (Å²) < 4.78 is 5.54. The lowest BCUT2D eigenvalue weighted by molar-refractivity contribution is 0.113. The number of hydrogen-bond donors (Lipinski definition) is 1. The van der Waals surface area contributed by atoms with E-state index in [0.29, 0.717) is 12.1 Å². The topological polar surface area (TPSA) is 24.5 Å². The summed E-state index contributed by atoms with van der Waals surface area (Å²) in [6.45, 7) is 3.95. The van der Waals surface area contributed by atoms with Crippen LogP contribution in [0, 0.1) is 0 Å². The number of rotatable bonds is 4. The summed E-state index contributed by atoms with van der Waals surface area (Å²) in [4.78, 5) is 2.12. The zero-order valence-corrected chi connectivity index (χ0v) is 10.9. The van der Waals surface area contributed by atoms with Gasteiger partial charge in [0, 0.05) is 39.0 Å². The summed E-state index contributed by atoms with van der Waals surface area (Å²) in [5.41, 5.74) is 2.57. The van der Waals surface area contributed by atoms with Gasteiger partial charge in [-0.25, -0.2) is 0 Å². The summed E-state index contributed by atoms with van der Waals surface area (Å²) >= 11 is 0. The largest absolute Gasteiger partial charge is 0.378 e. The molecule has 0 saturated carbocycles. The van der Waals surface area contributed by atoms with Gasteiger partial charge in [-0.2, -0.15) is 0 Å². The van der Waals surface area contributed by atoms with Crippen molar-refractivity contribution < 1.29 is 4.74 Å². The van der Waals surface area contributed by atoms with Crippen LogP contribution in [0.4, 0.5) is 5.69 Å². The molecule has 1 aliphatic heterocycles. The molecule has 0 bridgehead atoms. The van der Waals surface area contributed by atoms with E-state index in [-0.39, 0.29) is 0 Å². The second-order valence-corrected chi connectivity index (χ2v) is 4.91. The number of nitrogens with one attached hydrogen (secondary N) is 1. The molecule has 1 aromatic rings. The van der Waals surface area contributed by atoms with Crippen molar-refractivity contribution in [1.29, 1.82) is 0 Å². The Morgan fingerprint density at radius 1 is 1.29 bits per heavy atom. The maximum atomic E-state index is 5.54. The van der Waals surface area contributed by atoms with Crippen molar-refractivity contribution in [3.05, 3.63) is 29.8 Å². The zero-order valence-electron chi connectivity index (χ0n) is 10.9. The first kappa shape index (κ1) is 12.4. The Bertz CT molecular complexity index is 348. The fourth-order valence-electron chi connectivity index (χ4n) is 2.16. The molecule has 1 fully saturated rings. The van der Waals surface area contributed by atoms with E-state index in [1.54, 1.807) is 0 Å². The number of ether oxygens (including phenoxy) is 1. The van der Waals surface area contributed by atoms with Crippen LogP contribution < -0.4 is 10.2 Å². The molecule has 17 heavy (non-hydrogen) atoms. The molecular formula is C14H22N2O. The van der Waals surface area contributed by atoms with Crippen LogP contribution in [0.5, 0.6) is 0 Å². The molecule has 0 spiro atoms. The standard InChI is InChI=1S/C14H22N2O/c1-11-14(8-9-17-11)15-10-12-4-6-13(7-5-12)16(2)3/h4-7,11,14-15H,8-10H2,1-3H3. The van der Waals surface area contributed by atoms with E-state index >= 15 is 0 Å². The number of hydrogen-bond acceptors (Lipinski definition) is 3. The molecule has 0 aromatic heterocycles. The van der Waals surface area contributed by atoms with E-state index < -0.39 is 0 Å². The van der Waals surface area contributed by atoms with Crippen LogP contribution in [0.25, 0.3) is 0 Å². The summed E-state index contributed by atoms with van der Waals surface area (Å²) in [6.07, 6.45) is 1.47. The van der Waals surface area contributed by atoms with Gasteiger partial charge in [0.2, 0.25) is 0 Å². The van der Waals surface area contributed by atoms with Gasteiger partial charge in [0.1, 0.15) is 0 Å². The fourth-order valence-corrected chi connectivity index (χ4v) is 2.16. The van der Waals surface area contributed by atoms with Gasteiger partial charge in [0.05, 0.1) is 6.10 Å². The van der Waals surface area contributed by atoms with E-state index in [9.17, 15) is 0 Å². The zero-order chi connectivity index (χ0) is 12.3. The molecule has 0 aliphatic carbocycles. The van der Waals surface area contributed by atoms with E-state index in [0.717, 1.165) is 19.6 Å². The van der Waals surface area contributed by atoms with E-state index in [2.05, 4.69) is 55.5 Å². The van der Waals surface area contributed by atoms with Crippen molar-refractivity contribution in [3.8, 4) is 0 Å². The Morgan fingerprint density at radius 3 is 2.53 bits per heavy atom. The molecule has 2 rings (SSSR count). The van der Waals surface area contributed by atoms with Crippen LogP contribution in [0.3, 0.4) is 0 Å². The predicted molar refractivity (Wildman–Crippen MR) is 71.4 cm³/mol. The van der Waals surface area contributed by atoms with Gasteiger partial charge in [0.15, 0.2) is 0 Å². The highest BCUT2D eigenvalue weighted by Crippen LogP contribution is 2.15. The molecule has 1 heterocycles. The van der Waals surface area contributed by atoms with Crippen LogP contribution in [0.1, 0.15) is 18.9 Å². The normalized spacial score (nSPS) is 23.9.